The Morgan fingerprint density at radius 1 is 1.47 bits per heavy atom. The Bertz CT molecular complexity index is 318. The molecule has 1 aliphatic carbocycles. The zero-order valence-corrected chi connectivity index (χ0v) is 11.2. The molecule has 17 heavy (non-hydrogen) atoms. The minimum Gasteiger partial charge on any atom is -0.314 e. The Labute approximate surface area is 108 Å². The van der Waals surface area contributed by atoms with E-state index in [4.69, 9.17) is 0 Å². The van der Waals surface area contributed by atoms with Crippen molar-refractivity contribution in [2.24, 2.45) is 0 Å². The lowest BCUT2D eigenvalue weighted by molar-refractivity contribution is 0.381. The molecule has 1 saturated carbocycles. The number of thioether (sulfide) groups is 1. The van der Waals surface area contributed by atoms with Gasteiger partial charge in [0, 0.05) is 17.5 Å². The zero-order chi connectivity index (χ0) is 11.9. The van der Waals surface area contributed by atoms with Crippen molar-refractivity contribution in [3.8, 4) is 0 Å². The molecule has 0 bridgehead atoms. The van der Waals surface area contributed by atoms with E-state index < -0.39 is 0 Å². The molecule has 0 saturated heterocycles. The quantitative estimate of drug-likeness (QED) is 0.817. The average Bonchev–Trinajstić information content (AvgIpc) is 2.38. The van der Waals surface area contributed by atoms with Gasteiger partial charge in [-0.25, -0.2) is 9.97 Å². The summed E-state index contributed by atoms with van der Waals surface area (Å²) < 4.78 is 0. The van der Waals surface area contributed by atoms with Gasteiger partial charge in [-0.15, -0.1) is 11.8 Å². The second kappa shape index (κ2) is 6.97. The van der Waals surface area contributed by atoms with Crippen molar-refractivity contribution in [2.75, 3.05) is 6.54 Å². The number of nitrogens with zero attached hydrogens (tertiary/aromatic N) is 2. The fourth-order valence-corrected chi connectivity index (χ4v) is 3.51. The standard InChI is InChI=1S/C13H21N3S/c1-2-7-15-11-4-3-5-12(9-11)17-13-6-8-14-10-16-13/h6,8,10-12,15H,2-5,7,9H2,1H3. The molecule has 1 aromatic rings. The van der Waals surface area contributed by atoms with E-state index in [9.17, 15) is 0 Å². The van der Waals surface area contributed by atoms with Crippen molar-refractivity contribution in [3.63, 3.8) is 0 Å². The summed E-state index contributed by atoms with van der Waals surface area (Å²) in [5.74, 6) is 0. The Kier molecular flexibility index (Phi) is 5.26. The molecule has 1 fully saturated rings. The first-order chi connectivity index (χ1) is 8.38. The SMILES string of the molecule is CCCNC1CCCC(Sc2ccncn2)C1. The molecule has 2 unspecified atom stereocenters. The molecule has 4 heteroatoms. The van der Waals surface area contributed by atoms with Crippen LogP contribution in [0.3, 0.4) is 0 Å². The number of aromatic nitrogens is 2. The van der Waals surface area contributed by atoms with E-state index in [0.29, 0.717) is 11.3 Å². The van der Waals surface area contributed by atoms with Crippen LogP contribution in [0.2, 0.25) is 0 Å². The predicted octanol–water partition coefficient (Wildman–Crippen LogP) is 2.88. The molecule has 3 nitrogen and oxygen atoms in total. The maximum Gasteiger partial charge on any atom is 0.116 e. The summed E-state index contributed by atoms with van der Waals surface area (Å²) in [7, 11) is 0. The van der Waals surface area contributed by atoms with Crippen LogP contribution in [0.5, 0.6) is 0 Å². The Morgan fingerprint density at radius 2 is 2.41 bits per heavy atom. The normalized spacial score (nSPS) is 24.8. The van der Waals surface area contributed by atoms with Crippen molar-refractivity contribution in [1.82, 2.24) is 15.3 Å². The van der Waals surface area contributed by atoms with Gasteiger partial charge in [0.15, 0.2) is 0 Å². The molecule has 1 aromatic heterocycles. The van der Waals surface area contributed by atoms with Crippen LogP contribution in [-0.2, 0) is 0 Å². The fourth-order valence-electron chi connectivity index (χ4n) is 2.30. The van der Waals surface area contributed by atoms with Crippen molar-refractivity contribution >= 4 is 11.8 Å². The molecule has 2 atom stereocenters. The number of nitrogens with one attached hydrogen (secondary N) is 1. The summed E-state index contributed by atoms with van der Waals surface area (Å²) in [6.07, 6.45) is 9.95. The minimum atomic E-state index is 0.711. The van der Waals surface area contributed by atoms with Crippen molar-refractivity contribution < 1.29 is 0 Å². The van der Waals surface area contributed by atoms with Gasteiger partial charge in [0.1, 0.15) is 6.33 Å². The van der Waals surface area contributed by atoms with Gasteiger partial charge in [0.25, 0.3) is 0 Å². The number of rotatable bonds is 5. The molecule has 0 spiro atoms. The molecule has 1 N–H and O–H groups in total. The van der Waals surface area contributed by atoms with Gasteiger partial charge in [-0.1, -0.05) is 13.3 Å². The molecular weight excluding hydrogens is 230 g/mol. The van der Waals surface area contributed by atoms with E-state index in [1.165, 1.54) is 32.1 Å². The molecule has 1 heterocycles. The van der Waals surface area contributed by atoms with Gasteiger partial charge in [0.2, 0.25) is 0 Å². The van der Waals surface area contributed by atoms with Crippen LogP contribution >= 0.6 is 11.8 Å². The summed E-state index contributed by atoms with van der Waals surface area (Å²) in [6, 6.07) is 2.72. The third kappa shape index (κ3) is 4.28. The van der Waals surface area contributed by atoms with Crippen molar-refractivity contribution in [3.05, 3.63) is 18.6 Å². The molecule has 94 valence electrons. The highest BCUT2D eigenvalue weighted by Crippen LogP contribution is 2.32. The van der Waals surface area contributed by atoms with Gasteiger partial charge in [-0.3, -0.25) is 0 Å². The summed E-state index contributed by atoms with van der Waals surface area (Å²) in [6.45, 7) is 3.37. The first-order valence-corrected chi connectivity index (χ1v) is 7.42. The third-order valence-corrected chi connectivity index (χ3v) is 4.40. The van der Waals surface area contributed by atoms with E-state index in [1.807, 2.05) is 24.0 Å². The van der Waals surface area contributed by atoms with E-state index in [2.05, 4.69) is 22.2 Å². The first kappa shape index (κ1) is 12.8. The van der Waals surface area contributed by atoms with Crippen LogP contribution < -0.4 is 5.32 Å². The van der Waals surface area contributed by atoms with Crippen LogP contribution in [-0.4, -0.2) is 27.8 Å². The maximum absolute atomic E-state index is 4.29. The predicted molar refractivity (Wildman–Crippen MR) is 72.2 cm³/mol. The summed E-state index contributed by atoms with van der Waals surface area (Å²) in [5, 5.41) is 5.47. The second-order valence-corrected chi connectivity index (χ2v) is 5.93. The molecule has 2 rings (SSSR count). The Balaban J connectivity index is 1.81. The van der Waals surface area contributed by atoms with Crippen molar-refractivity contribution in [1.29, 1.82) is 0 Å². The molecule has 0 aromatic carbocycles. The highest BCUT2D eigenvalue weighted by molar-refractivity contribution is 7.99. The van der Waals surface area contributed by atoms with Gasteiger partial charge >= 0.3 is 0 Å². The van der Waals surface area contributed by atoms with E-state index in [0.717, 1.165) is 11.6 Å². The molecule has 0 amide bonds. The molecule has 1 aliphatic rings. The van der Waals surface area contributed by atoms with Crippen LogP contribution in [0.15, 0.2) is 23.6 Å². The lowest BCUT2D eigenvalue weighted by Gasteiger charge is -2.29. The average molecular weight is 251 g/mol. The zero-order valence-electron chi connectivity index (χ0n) is 10.4. The summed E-state index contributed by atoms with van der Waals surface area (Å²) in [4.78, 5) is 8.25. The van der Waals surface area contributed by atoms with Crippen LogP contribution in [0.25, 0.3) is 0 Å². The monoisotopic (exact) mass is 251 g/mol. The summed E-state index contributed by atoms with van der Waals surface area (Å²) in [5.41, 5.74) is 0. The highest BCUT2D eigenvalue weighted by atomic mass is 32.2. The fraction of sp³-hybridized carbons (Fsp3) is 0.692. The molecule has 0 aliphatic heterocycles. The lowest BCUT2D eigenvalue weighted by Crippen LogP contribution is -2.35. The van der Waals surface area contributed by atoms with E-state index in [-0.39, 0.29) is 0 Å². The van der Waals surface area contributed by atoms with Crippen LogP contribution in [0.4, 0.5) is 0 Å². The lowest BCUT2D eigenvalue weighted by atomic mass is 9.95. The first-order valence-electron chi connectivity index (χ1n) is 6.54. The van der Waals surface area contributed by atoms with E-state index >= 15 is 0 Å². The van der Waals surface area contributed by atoms with Gasteiger partial charge in [-0.05, 0) is 38.3 Å². The number of hydrogen-bond donors (Lipinski definition) is 1. The largest absolute Gasteiger partial charge is 0.314 e. The molecular formula is C13H21N3S. The van der Waals surface area contributed by atoms with Gasteiger partial charge in [-0.2, -0.15) is 0 Å². The highest BCUT2D eigenvalue weighted by Gasteiger charge is 2.22. The van der Waals surface area contributed by atoms with E-state index in [1.54, 1.807) is 6.33 Å². The molecule has 0 radical (unpaired) electrons. The van der Waals surface area contributed by atoms with Crippen LogP contribution in [0, 0.1) is 0 Å². The maximum atomic E-state index is 4.29. The topological polar surface area (TPSA) is 37.8 Å². The third-order valence-electron chi connectivity index (χ3n) is 3.15. The Morgan fingerprint density at radius 3 is 3.18 bits per heavy atom. The van der Waals surface area contributed by atoms with Crippen LogP contribution in [0.1, 0.15) is 39.0 Å². The Hall–Kier alpha value is -0.610. The van der Waals surface area contributed by atoms with Crippen molar-refractivity contribution in [2.45, 2.75) is 55.3 Å². The minimum absolute atomic E-state index is 0.711. The number of hydrogen-bond acceptors (Lipinski definition) is 4. The van der Waals surface area contributed by atoms with Gasteiger partial charge in [0.05, 0.1) is 5.03 Å². The summed E-state index contributed by atoms with van der Waals surface area (Å²) >= 11 is 1.91. The smallest absolute Gasteiger partial charge is 0.116 e. The second-order valence-electron chi connectivity index (χ2n) is 4.61. The van der Waals surface area contributed by atoms with Gasteiger partial charge < -0.3 is 5.32 Å².